The quantitative estimate of drug-likeness (QED) is 0.822. The van der Waals surface area contributed by atoms with Gasteiger partial charge in [0.25, 0.3) is 5.91 Å². The predicted octanol–water partition coefficient (Wildman–Crippen LogP) is 3.80. The van der Waals surface area contributed by atoms with E-state index < -0.39 is 0 Å². The van der Waals surface area contributed by atoms with E-state index in [1.54, 1.807) is 18.0 Å². The maximum absolute atomic E-state index is 12.9. The van der Waals surface area contributed by atoms with Crippen LogP contribution in [0.5, 0.6) is 0 Å². The fraction of sp³-hybridized carbons (Fsp3) is 0.421. The predicted molar refractivity (Wildman–Crippen MR) is 102 cm³/mol. The lowest BCUT2D eigenvalue weighted by atomic mass is 9.98. The summed E-state index contributed by atoms with van der Waals surface area (Å²) in [5.41, 5.74) is 7.15. The molecule has 4 nitrogen and oxygen atoms in total. The summed E-state index contributed by atoms with van der Waals surface area (Å²) in [6.45, 7) is 1.60. The molecule has 1 saturated carbocycles. The third-order valence-corrected chi connectivity index (χ3v) is 6.34. The molecule has 0 radical (unpaired) electrons. The average Bonchev–Trinajstić information content (AvgIpc) is 3.31. The second-order valence-electron chi connectivity index (χ2n) is 6.75. The van der Waals surface area contributed by atoms with Crippen LogP contribution in [0.1, 0.15) is 29.0 Å². The molecule has 1 amide bonds. The van der Waals surface area contributed by atoms with E-state index in [4.69, 9.17) is 10.2 Å². The van der Waals surface area contributed by atoms with Crippen molar-refractivity contribution in [1.82, 2.24) is 4.90 Å². The summed E-state index contributed by atoms with van der Waals surface area (Å²) < 4.78 is 5.54. The van der Waals surface area contributed by atoms with Crippen molar-refractivity contribution in [1.29, 1.82) is 0 Å². The Morgan fingerprint density at radius 3 is 2.76 bits per heavy atom. The molecule has 4 rings (SSSR count). The van der Waals surface area contributed by atoms with Gasteiger partial charge < -0.3 is 15.1 Å². The van der Waals surface area contributed by atoms with Crippen molar-refractivity contribution in [2.24, 2.45) is 17.6 Å². The normalized spacial score (nSPS) is 24.8. The molecule has 134 valence electrons. The molecule has 6 heteroatoms. The van der Waals surface area contributed by atoms with Crippen LogP contribution in [0.2, 0.25) is 0 Å². The van der Waals surface area contributed by atoms with Gasteiger partial charge >= 0.3 is 0 Å². The number of nitrogens with two attached hydrogens (primary N) is 1. The highest BCUT2D eigenvalue weighted by Gasteiger charge is 2.43. The van der Waals surface area contributed by atoms with Gasteiger partial charge in [-0.2, -0.15) is 0 Å². The summed E-state index contributed by atoms with van der Waals surface area (Å²) in [5.74, 6) is 2.28. The number of hydrogen-bond acceptors (Lipinski definition) is 4. The van der Waals surface area contributed by atoms with E-state index in [2.05, 4.69) is 12.1 Å². The van der Waals surface area contributed by atoms with Crippen LogP contribution in [0.25, 0.3) is 0 Å². The molecular formula is C19H23ClN2O2S. The summed E-state index contributed by atoms with van der Waals surface area (Å²) in [5, 5.41) is 0. The second kappa shape index (κ2) is 7.85. The molecule has 2 N–H and O–H groups in total. The SMILES string of the molecule is Cl.NC1CCC2CN(C(=O)c3occc3CSc3ccccc3)CC12. The van der Waals surface area contributed by atoms with E-state index in [0.29, 0.717) is 17.6 Å². The Labute approximate surface area is 158 Å². The van der Waals surface area contributed by atoms with Crippen molar-refractivity contribution < 1.29 is 9.21 Å². The van der Waals surface area contributed by atoms with E-state index in [1.807, 2.05) is 29.2 Å². The van der Waals surface area contributed by atoms with Gasteiger partial charge in [-0.05, 0) is 42.9 Å². The molecule has 0 spiro atoms. The largest absolute Gasteiger partial charge is 0.459 e. The smallest absolute Gasteiger partial charge is 0.289 e. The Morgan fingerprint density at radius 1 is 1.20 bits per heavy atom. The fourth-order valence-corrected chi connectivity index (χ4v) is 4.83. The van der Waals surface area contributed by atoms with Crippen molar-refractivity contribution in [3.05, 3.63) is 54.0 Å². The van der Waals surface area contributed by atoms with Crippen LogP contribution < -0.4 is 5.73 Å². The van der Waals surface area contributed by atoms with E-state index in [0.717, 1.165) is 37.2 Å². The number of hydrogen-bond donors (Lipinski definition) is 1. The molecule has 2 aliphatic rings. The molecule has 2 heterocycles. The van der Waals surface area contributed by atoms with Crippen LogP contribution in [-0.2, 0) is 5.75 Å². The Balaban J connectivity index is 0.00000182. The molecular weight excluding hydrogens is 356 g/mol. The molecule has 1 aromatic carbocycles. The number of benzene rings is 1. The molecule has 25 heavy (non-hydrogen) atoms. The summed E-state index contributed by atoms with van der Waals surface area (Å²) in [6.07, 6.45) is 3.86. The lowest BCUT2D eigenvalue weighted by molar-refractivity contribution is 0.0747. The maximum Gasteiger partial charge on any atom is 0.289 e. The summed E-state index contributed by atoms with van der Waals surface area (Å²) in [6, 6.07) is 12.4. The minimum Gasteiger partial charge on any atom is -0.459 e. The number of fused-ring (bicyclic) bond motifs is 1. The maximum atomic E-state index is 12.9. The fourth-order valence-electron chi connectivity index (χ4n) is 3.93. The number of carbonyl (C=O) groups excluding carboxylic acids is 1. The van der Waals surface area contributed by atoms with Gasteiger partial charge in [0.2, 0.25) is 0 Å². The molecule has 1 saturated heterocycles. The molecule has 0 bridgehead atoms. The van der Waals surface area contributed by atoms with Gasteiger partial charge in [0.05, 0.1) is 6.26 Å². The van der Waals surface area contributed by atoms with Crippen LogP contribution in [0.3, 0.4) is 0 Å². The molecule has 1 aromatic heterocycles. The monoisotopic (exact) mass is 378 g/mol. The van der Waals surface area contributed by atoms with Gasteiger partial charge in [-0.3, -0.25) is 4.79 Å². The number of carbonyl (C=O) groups is 1. The topological polar surface area (TPSA) is 59.5 Å². The van der Waals surface area contributed by atoms with Crippen LogP contribution >= 0.6 is 24.2 Å². The van der Waals surface area contributed by atoms with Gasteiger partial charge in [-0.15, -0.1) is 24.2 Å². The van der Waals surface area contributed by atoms with Crippen molar-refractivity contribution in [3.8, 4) is 0 Å². The Kier molecular flexibility index (Phi) is 5.77. The Morgan fingerprint density at radius 2 is 2.00 bits per heavy atom. The first-order chi connectivity index (χ1) is 11.7. The third-order valence-electron chi connectivity index (χ3n) is 5.28. The number of thioether (sulfide) groups is 1. The summed E-state index contributed by atoms with van der Waals surface area (Å²) in [4.78, 5) is 16.0. The lowest BCUT2D eigenvalue weighted by Crippen LogP contribution is -2.33. The zero-order valence-corrected chi connectivity index (χ0v) is 15.6. The highest BCUT2D eigenvalue weighted by atomic mass is 35.5. The van der Waals surface area contributed by atoms with Crippen molar-refractivity contribution in [2.75, 3.05) is 13.1 Å². The zero-order chi connectivity index (χ0) is 16.5. The van der Waals surface area contributed by atoms with E-state index in [9.17, 15) is 4.79 Å². The number of amides is 1. The molecule has 3 atom stereocenters. The van der Waals surface area contributed by atoms with Gasteiger partial charge in [-0.1, -0.05) is 18.2 Å². The van der Waals surface area contributed by atoms with Gasteiger partial charge in [0.1, 0.15) is 0 Å². The van der Waals surface area contributed by atoms with Crippen molar-refractivity contribution >= 4 is 30.1 Å². The first kappa shape index (κ1) is 18.4. The van der Waals surface area contributed by atoms with Gasteiger partial charge in [0, 0.05) is 35.3 Å². The molecule has 2 aromatic rings. The third kappa shape index (κ3) is 3.73. The van der Waals surface area contributed by atoms with E-state index >= 15 is 0 Å². The standard InChI is InChI=1S/C19H22N2O2S.ClH/c20-17-7-6-13-10-21(11-16(13)17)19(22)18-14(8-9-23-18)12-24-15-4-2-1-3-5-15;/h1-5,8-9,13,16-17H,6-7,10-12,20H2;1H. The summed E-state index contributed by atoms with van der Waals surface area (Å²) >= 11 is 1.72. The van der Waals surface area contributed by atoms with Crippen LogP contribution in [0.4, 0.5) is 0 Å². The molecule has 2 fully saturated rings. The number of rotatable bonds is 4. The number of likely N-dealkylation sites (tertiary alicyclic amines) is 1. The number of furan rings is 1. The summed E-state index contributed by atoms with van der Waals surface area (Å²) in [7, 11) is 0. The zero-order valence-electron chi connectivity index (χ0n) is 14.0. The molecule has 1 aliphatic carbocycles. The van der Waals surface area contributed by atoms with Crippen molar-refractivity contribution in [2.45, 2.75) is 29.5 Å². The minimum absolute atomic E-state index is 0. The van der Waals surface area contributed by atoms with E-state index in [-0.39, 0.29) is 24.4 Å². The highest BCUT2D eigenvalue weighted by Crippen LogP contribution is 2.38. The van der Waals surface area contributed by atoms with Gasteiger partial charge in [-0.25, -0.2) is 0 Å². The van der Waals surface area contributed by atoms with Crippen molar-refractivity contribution in [3.63, 3.8) is 0 Å². The second-order valence-corrected chi connectivity index (χ2v) is 7.80. The average molecular weight is 379 g/mol. The van der Waals surface area contributed by atoms with Crippen LogP contribution in [0, 0.1) is 11.8 Å². The number of halogens is 1. The first-order valence-corrected chi connectivity index (χ1v) is 9.50. The number of nitrogens with zero attached hydrogens (tertiary/aromatic N) is 1. The first-order valence-electron chi connectivity index (χ1n) is 8.51. The highest BCUT2D eigenvalue weighted by molar-refractivity contribution is 7.98. The minimum atomic E-state index is 0. The van der Waals surface area contributed by atoms with Crippen LogP contribution in [-0.4, -0.2) is 29.9 Å². The lowest BCUT2D eigenvalue weighted by Gasteiger charge is -2.18. The Hall–Kier alpha value is -1.43. The molecule has 3 unspecified atom stereocenters. The van der Waals surface area contributed by atoms with Gasteiger partial charge in [0.15, 0.2) is 5.76 Å². The molecule has 1 aliphatic heterocycles. The Bertz CT molecular complexity index is 721. The van der Waals surface area contributed by atoms with Crippen LogP contribution in [0.15, 0.2) is 52.0 Å². The van der Waals surface area contributed by atoms with E-state index in [1.165, 1.54) is 4.90 Å².